The minimum atomic E-state index is -0.549. The number of nitrogens with one attached hydrogen (secondary N) is 1. The van der Waals surface area contributed by atoms with E-state index in [4.69, 9.17) is 11.6 Å². The second-order valence-corrected chi connectivity index (χ2v) is 6.26. The van der Waals surface area contributed by atoms with Crippen molar-refractivity contribution in [3.63, 3.8) is 0 Å². The molecule has 1 N–H and O–H groups in total. The maximum absolute atomic E-state index is 13.4. The number of anilines is 1. The fourth-order valence-electron chi connectivity index (χ4n) is 2.86. The van der Waals surface area contributed by atoms with Crippen LogP contribution in [-0.4, -0.2) is 34.0 Å². The molecule has 0 unspecified atom stereocenters. The molecule has 2 heterocycles. The number of halogens is 2. The van der Waals surface area contributed by atoms with Gasteiger partial charge in [-0.05, 0) is 44.0 Å². The molecular weight excluding hydrogens is 331 g/mol. The summed E-state index contributed by atoms with van der Waals surface area (Å²) in [5.74, 6) is 0.550. The molecule has 0 atom stereocenters. The van der Waals surface area contributed by atoms with Crippen LogP contribution in [0.1, 0.15) is 30.3 Å². The molecule has 0 bridgehead atoms. The first-order valence-corrected chi connectivity index (χ1v) is 8.21. The van der Waals surface area contributed by atoms with Crippen molar-refractivity contribution in [2.75, 3.05) is 18.4 Å². The molecular formula is C17H18ClFN4O. The van der Waals surface area contributed by atoms with Crippen LogP contribution in [0.15, 0.2) is 30.5 Å². The number of hydrogen-bond donors (Lipinski definition) is 1. The number of carbonyl (C=O) groups is 1. The van der Waals surface area contributed by atoms with Gasteiger partial charge in [0.15, 0.2) is 0 Å². The molecule has 2 amide bonds. The molecule has 1 aromatic carbocycles. The fourth-order valence-corrected chi connectivity index (χ4v) is 2.97. The molecule has 2 aromatic rings. The summed E-state index contributed by atoms with van der Waals surface area (Å²) in [5, 5.41) is 2.74. The van der Waals surface area contributed by atoms with E-state index in [0.29, 0.717) is 24.7 Å². The van der Waals surface area contributed by atoms with Crippen molar-refractivity contribution in [2.45, 2.75) is 25.7 Å². The average molecular weight is 349 g/mol. The second kappa shape index (κ2) is 7.13. The number of rotatable bonds is 2. The van der Waals surface area contributed by atoms with Crippen molar-refractivity contribution < 1.29 is 9.18 Å². The Morgan fingerprint density at radius 1 is 1.33 bits per heavy atom. The molecule has 1 fully saturated rings. The van der Waals surface area contributed by atoms with Crippen molar-refractivity contribution in [3.05, 3.63) is 52.8 Å². The second-order valence-electron chi connectivity index (χ2n) is 5.85. The molecule has 24 heavy (non-hydrogen) atoms. The lowest BCUT2D eigenvalue weighted by Gasteiger charge is -2.31. The standard InChI is InChI=1S/C17H18ClFN4O/c1-11-20-7-4-16(21-11)12-5-8-23(9-6-12)17(24)22-13-2-3-14(18)15(19)10-13/h2-4,7,10,12H,5-6,8-9H2,1H3,(H,22,24). The van der Waals surface area contributed by atoms with Gasteiger partial charge in [0.25, 0.3) is 0 Å². The molecule has 0 spiro atoms. The zero-order chi connectivity index (χ0) is 17.1. The zero-order valence-corrected chi connectivity index (χ0v) is 14.1. The van der Waals surface area contributed by atoms with Crippen LogP contribution in [0, 0.1) is 12.7 Å². The third kappa shape index (κ3) is 3.82. The highest BCUT2D eigenvalue weighted by atomic mass is 35.5. The van der Waals surface area contributed by atoms with Gasteiger partial charge >= 0.3 is 6.03 Å². The smallest absolute Gasteiger partial charge is 0.321 e. The number of likely N-dealkylation sites (tertiary alicyclic amines) is 1. The van der Waals surface area contributed by atoms with Gasteiger partial charge in [0.05, 0.1) is 5.02 Å². The number of carbonyl (C=O) groups excluding carboxylic acids is 1. The van der Waals surface area contributed by atoms with E-state index in [2.05, 4.69) is 15.3 Å². The molecule has 0 saturated carbocycles. The van der Waals surface area contributed by atoms with Crippen LogP contribution in [0.2, 0.25) is 5.02 Å². The van der Waals surface area contributed by atoms with E-state index >= 15 is 0 Å². The monoisotopic (exact) mass is 348 g/mol. The molecule has 3 rings (SSSR count). The topological polar surface area (TPSA) is 58.1 Å². The molecule has 7 heteroatoms. The Balaban J connectivity index is 1.58. The summed E-state index contributed by atoms with van der Waals surface area (Å²) in [7, 11) is 0. The largest absolute Gasteiger partial charge is 0.324 e. The summed E-state index contributed by atoms with van der Waals surface area (Å²) < 4.78 is 13.4. The lowest BCUT2D eigenvalue weighted by molar-refractivity contribution is 0.194. The number of amides is 2. The van der Waals surface area contributed by atoms with Gasteiger partial charge in [-0.2, -0.15) is 0 Å². The third-order valence-electron chi connectivity index (χ3n) is 4.17. The first-order chi connectivity index (χ1) is 11.5. The number of benzene rings is 1. The highest BCUT2D eigenvalue weighted by Gasteiger charge is 2.24. The summed E-state index contributed by atoms with van der Waals surface area (Å²) in [6.07, 6.45) is 3.46. The van der Waals surface area contributed by atoms with Crippen molar-refractivity contribution in [1.29, 1.82) is 0 Å². The number of aromatic nitrogens is 2. The van der Waals surface area contributed by atoms with Crippen molar-refractivity contribution in [3.8, 4) is 0 Å². The third-order valence-corrected chi connectivity index (χ3v) is 4.48. The molecule has 1 aliphatic rings. The quantitative estimate of drug-likeness (QED) is 0.892. The van der Waals surface area contributed by atoms with E-state index in [1.807, 2.05) is 13.0 Å². The van der Waals surface area contributed by atoms with Crippen LogP contribution in [-0.2, 0) is 0 Å². The van der Waals surface area contributed by atoms with E-state index < -0.39 is 5.82 Å². The Bertz CT molecular complexity index is 747. The SMILES string of the molecule is Cc1nccc(C2CCN(C(=O)Nc3ccc(Cl)c(F)c3)CC2)n1. The van der Waals surface area contributed by atoms with Crippen molar-refractivity contribution in [1.82, 2.24) is 14.9 Å². The summed E-state index contributed by atoms with van der Waals surface area (Å²) in [4.78, 5) is 22.6. The van der Waals surface area contributed by atoms with Gasteiger partial charge in [0, 0.05) is 36.6 Å². The van der Waals surface area contributed by atoms with E-state index in [1.165, 1.54) is 12.1 Å². The Morgan fingerprint density at radius 2 is 2.08 bits per heavy atom. The predicted molar refractivity (Wildman–Crippen MR) is 90.7 cm³/mol. The summed E-state index contributed by atoms with van der Waals surface area (Å²) in [6, 6.07) is 5.94. The van der Waals surface area contributed by atoms with E-state index in [9.17, 15) is 9.18 Å². The lowest BCUT2D eigenvalue weighted by Crippen LogP contribution is -2.40. The summed E-state index contributed by atoms with van der Waals surface area (Å²) in [5.41, 5.74) is 1.43. The molecule has 126 valence electrons. The van der Waals surface area contributed by atoms with Crippen LogP contribution >= 0.6 is 11.6 Å². The molecule has 0 radical (unpaired) electrons. The Kier molecular flexibility index (Phi) is 4.94. The summed E-state index contributed by atoms with van der Waals surface area (Å²) >= 11 is 5.64. The van der Waals surface area contributed by atoms with Crippen LogP contribution in [0.4, 0.5) is 14.9 Å². The normalized spacial score (nSPS) is 15.4. The Labute approximate surface area is 144 Å². The molecule has 0 aliphatic carbocycles. The van der Waals surface area contributed by atoms with Crippen molar-refractivity contribution in [2.24, 2.45) is 0 Å². The predicted octanol–water partition coefficient (Wildman–Crippen LogP) is 3.99. The Hall–Kier alpha value is -2.21. The number of hydrogen-bond acceptors (Lipinski definition) is 3. The van der Waals surface area contributed by atoms with E-state index in [0.717, 1.165) is 24.4 Å². The maximum Gasteiger partial charge on any atom is 0.321 e. The van der Waals surface area contributed by atoms with Crippen molar-refractivity contribution >= 4 is 23.3 Å². The average Bonchev–Trinajstić information content (AvgIpc) is 2.58. The highest BCUT2D eigenvalue weighted by molar-refractivity contribution is 6.30. The lowest BCUT2D eigenvalue weighted by atomic mass is 9.93. The molecule has 1 aromatic heterocycles. The fraction of sp³-hybridized carbons (Fsp3) is 0.353. The Morgan fingerprint density at radius 3 is 2.75 bits per heavy atom. The number of aryl methyl sites for hydroxylation is 1. The van der Waals surface area contributed by atoms with Gasteiger partial charge in [0.2, 0.25) is 0 Å². The maximum atomic E-state index is 13.4. The first kappa shape index (κ1) is 16.6. The molecule has 5 nitrogen and oxygen atoms in total. The van der Waals surface area contributed by atoms with Gasteiger partial charge in [-0.1, -0.05) is 11.6 Å². The number of piperidine rings is 1. The van der Waals surface area contributed by atoms with Crippen LogP contribution in [0.3, 0.4) is 0 Å². The van der Waals surface area contributed by atoms with Gasteiger partial charge in [-0.3, -0.25) is 0 Å². The molecule has 1 aliphatic heterocycles. The zero-order valence-electron chi connectivity index (χ0n) is 13.3. The van der Waals surface area contributed by atoms with E-state index in [1.54, 1.807) is 17.2 Å². The van der Waals surface area contributed by atoms with Gasteiger partial charge in [0.1, 0.15) is 11.6 Å². The van der Waals surface area contributed by atoms with Gasteiger partial charge in [-0.15, -0.1) is 0 Å². The number of nitrogens with zero attached hydrogens (tertiary/aromatic N) is 3. The van der Waals surface area contributed by atoms with Gasteiger partial charge in [-0.25, -0.2) is 19.2 Å². The summed E-state index contributed by atoms with van der Waals surface area (Å²) in [6.45, 7) is 3.14. The van der Waals surface area contributed by atoms with Gasteiger partial charge < -0.3 is 10.2 Å². The van der Waals surface area contributed by atoms with E-state index in [-0.39, 0.29) is 11.1 Å². The molecule has 1 saturated heterocycles. The van der Waals surface area contributed by atoms with Crippen LogP contribution in [0.5, 0.6) is 0 Å². The first-order valence-electron chi connectivity index (χ1n) is 7.83. The minimum Gasteiger partial charge on any atom is -0.324 e. The number of urea groups is 1. The minimum absolute atomic E-state index is 0.0361. The van der Waals surface area contributed by atoms with Crippen LogP contribution < -0.4 is 5.32 Å². The highest BCUT2D eigenvalue weighted by Crippen LogP contribution is 2.27. The van der Waals surface area contributed by atoms with Crippen LogP contribution in [0.25, 0.3) is 0 Å².